The van der Waals surface area contributed by atoms with Crippen molar-refractivity contribution in [1.29, 1.82) is 0 Å². The van der Waals surface area contributed by atoms with Crippen LogP contribution in [0.3, 0.4) is 0 Å². The Balaban J connectivity index is 1.76. The van der Waals surface area contributed by atoms with Crippen LogP contribution in [0.5, 0.6) is 17.2 Å². The third-order valence-corrected chi connectivity index (χ3v) is 5.72. The van der Waals surface area contributed by atoms with Crippen molar-refractivity contribution >= 4 is 10.9 Å². The fourth-order valence-electron chi connectivity index (χ4n) is 4.08. The molecule has 0 spiro atoms. The first-order chi connectivity index (χ1) is 16.1. The van der Waals surface area contributed by atoms with Crippen molar-refractivity contribution < 1.29 is 18.6 Å². The van der Waals surface area contributed by atoms with Gasteiger partial charge in [0.1, 0.15) is 23.0 Å². The minimum absolute atomic E-state index is 0.294. The summed E-state index contributed by atoms with van der Waals surface area (Å²) in [5.41, 5.74) is 5.10. The van der Waals surface area contributed by atoms with Crippen LogP contribution in [0.25, 0.3) is 33.4 Å². The highest BCUT2D eigenvalue weighted by molar-refractivity contribution is 5.99. The van der Waals surface area contributed by atoms with E-state index in [9.17, 15) is 4.39 Å². The summed E-state index contributed by atoms with van der Waals surface area (Å²) in [6.07, 6.45) is 2.03. The zero-order chi connectivity index (χ0) is 22.9. The summed E-state index contributed by atoms with van der Waals surface area (Å²) in [6, 6.07) is 18.1. The van der Waals surface area contributed by atoms with E-state index in [1.54, 1.807) is 33.5 Å². The summed E-state index contributed by atoms with van der Waals surface area (Å²) in [6.45, 7) is 0.590. The number of fused-ring (bicyclic) bond motifs is 3. The number of benzene rings is 3. The van der Waals surface area contributed by atoms with Crippen molar-refractivity contribution in [2.45, 2.75) is 6.54 Å². The number of aromatic nitrogens is 3. The molecule has 3 aromatic carbocycles. The molecule has 5 rings (SSSR count). The lowest BCUT2D eigenvalue weighted by atomic mass is 10.0. The van der Waals surface area contributed by atoms with Gasteiger partial charge in [-0.05, 0) is 48.0 Å². The van der Waals surface area contributed by atoms with Gasteiger partial charge in [0.25, 0.3) is 0 Å². The van der Waals surface area contributed by atoms with E-state index in [-0.39, 0.29) is 5.82 Å². The van der Waals surface area contributed by atoms with E-state index in [1.165, 1.54) is 12.1 Å². The first-order valence-electron chi connectivity index (χ1n) is 10.4. The number of ether oxygens (including phenoxy) is 3. The zero-order valence-electron chi connectivity index (χ0n) is 18.5. The van der Waals surface area contributed by atoms with Crippen LogP contribution in [0.1, 0.15) is 5.56 Å². The average molecular weight is 443 g/mol. The Morgan fingerprint density at radius 1 is 0.818 bits per heavy atom. The van der Waals surface area contributed by atoms with Gasteiger partial charge < -0.3 is 18.8 Å². The van der Waals surface area contributed by atoms with E-state index < -0.39 is 0 Å². The molecule has 0 aliphatic carbocycles. The molecule has 2 aliphatic rings. The lowest BCUT2D eigenvalue weighted by molar-refractivity contribution is 0.355. The molecule has 3 aromatic rings. The summed E-state index contributed by atoms with van der Waals surface area (Å²) < 4.78 is 32.1. The Kier molecular flexibility index (Phi) is 5.30. The predicted octanol–water partition coefficient (Wildman–Crippen LogP) is 5.42. The average Bonchev–Trinajstić information content (AvgIpc) is 3.27. The van der Waals surface area contributed by atoms with Gasteiger partial charge in [-0.1, -0.05) is 12.1 Å². The summed E-state index contributed by atoms with van der Waals surface area (Å²) >= 11 is 0. The second-order valence-corrected chi connectivity index (χ2v) is 7.65. The molecule has 166 valence electrons. The Hall–Kier alpha value is -4.13. The molecule has 0 unspecified atom stereocenters. The van der Waals surface area contributed by atoms with E-state index in [0.717, 1.165) is 39.0 Å². The van der Waals surface area contributed by atoms with Gasteiger partial charge >= 0.3 is 0 Å². The van der Waals surface area contributed by atoms with E-state index in [1.807, 2.05) is 36.5 Å². The molecule has 0 aromatic heterocycles. The molecule has 0 bridgehead atoms. The molecule has 0 atom stereocenters. The SMILES string of the molecule is COc1cccc(Cn2cc3c(-c4ccc(F)cc4)nnc-3c3cc(OC)c(OC)cc32)c1. The van der Waals surface area contributed by atoms with Gasteiger partial charge in [0, 0.05) is 35.3 Å². The standard InChI is InChI=1S/C26H22FN3O3/c1-31-19-6-4-5-16(11-19)14-30-15-21-25(17-7-9-18(27)10-8-17)28-29-26(21)20-12-23(32-2)24(33-3)13-22(20)30/h4-13,15H,14H2,1-3H3. The molecular formula is C26H22FN3O3. The van der Waals surface area contributed by atoms with Gasteiger partial charge in [-0.2, -0.15) is 0 Å². The van der Waals surface area contributed by atoms with Crippen LogP contribution in [0.2, 0.25) is 0 Å². The van der Waals surface area contributed by atoms with E-state index in [4.69, 9.17) is 14.2 Å². The minimum Gasteiger partial charge on any atom is -0.497 e. The molecule has 7 heteroatoms. The van der Waals surface area contributed by atoms with Gasteiger partial charge in [-0.3, -0.25) is 0 Å². The maximum atomic E-state index is 13.5. The van der Waals surface area contributed by atoms with Crippen LogP contribution >= 0.6 is 0 Å². The Morgan fingerprint density at radius 2 is 1.55 bits per heavy atom. The quantitative estimate of drug-likeness (QED) is 0.351. The summed E-state index contributed by atoms with van der Waals surface area (Å²) in [7, 11) is 4.87. The lowest BCUT2D eigenvalue weighted by Crippen LogP contribution is -2.05. The van der Waals surface area contributed by atoms with Crippen molar-refractivity contribution in [2.24, 2.45) is 0 Å². The van der Waals surface area contributed by atoms with Crippen LogP contribution in [-0.4, -0.2) is 36.1 Å². The highest BCUT2D eigenvalue weighted by Crippen LogP contribution is 2.41. The second-order valence-electron chi connectivity index (χ2n) is 7.65. The van der Waals surface area contributed by atoms with E-state index in [2.05, 4.69) is 20.8 Å². The van der Waals surface area contributed by atoms with Gasteiger partial charge in [0.15, 0.2) is 11.5 Å². The predicted molar refractivity (Wildman–Crippen MR) is 125 cm³/mol. The Bertz CT molecular complexity index is 1410. The molecule has 2 heterocycles. The van der Waals surface area contributed by atoms with Crippen molar-refractivity contribution in [2.75, 3.05) is 21.3 Å². The van der Waals surface area contributed by atoms with Gasteiger partial charge in [-0.15, -0.1) is 10.2 Å². The van der Waals surface area contributed by atoms with Crippen LogP contribution in [-0.2, 0) is 6.54 Å². The molecule has 0 radical (unpaired) electrons. The Labute approximate surface area is 190 Å². The number of rotatable bonds is 6. The minimum atomic E-state index is -0.294. The second kappa shape index (κ2) is 8.43. The molecule has 0 saturated heterocycles. The fraction of sp³-hybridized carbons (Fsp3) is 0.154. The van der Waals surface area contributed by atoms with Crippen LogP contribution in [0.15, 0.2) is 66.9 Å². The summed E-state index contributed by atoms with van der Waals surface area (Å²) in [4.78, 5) is 0. The summed E-state index contributed by atoms with van der Waals surface area (Å²) in [5.74, 6) is 1.73. The molecule has 33 heavy (non-hydrogen) atoms. The highest BCUT2D eigenvalue weighted by Gasteiger charge is 2.22. The highest BCUT2D eigenvalue weighted by atomic mass is 19.1. The molecule has 0 N–H and O–H groups in total. The van der Waals surface area contributed by atoms with Crippen LogP contribution in [0, 0.1) is 5.82 Å². The molecule has 0 fully saturated rings. The van der Waals surface area contributed by atoms with Crippen LogP contribution in [0.4, 0.5) is 4.39 Å². The lowest BCUT2D eigenvalue weighted by Gasteiger charge is -2.18. The maximum Gasteiger partial charge on any atom is 0.162 e. The number of pyridine rings is 1. The van der Waals surface area contributed by atoms with E-state index >= 15 is 0 Å². The van der Waals surface area contributed by atoms with E-state index in [0.29, 0.717) is 23.7 Å². The number of hydrogen-bond acceptors (Lipinski definition) is 5. The number of nitrogens with zero attached hydrogens (tertiary/aromatic N) is 3. The van der Waals surface area contributed by atoms with Gasteiger partial charge in [0.05, 0.1) is 26.8 Å². The maximum absolute atomic E-state index is 13.5. The molecule has 2 aliphatic heterocycles. The summed E-state index contributed by atoms with van der Waals surface area (Å²) in [5, 5.41) is 9.80. The van der Waals surface area contributed by atoms with Crippen LogP contribution < -0.4 is 14.2 Å². The Morgan fingerprint density at radius 3 is 2.27 bits per heavy atom. The number of hydrogen-bond donors (Lipinski definition) is 0. The third kappa shape index (κ3) is 3.71. The fourth-order valence-corrected chi connectivity index (χ4v) is 4.08. The van der Waals surface area contributed by atoms with Crippen molar-refractivity contribution in [3.8, 4) is 39.8 Å². The number of methoxy groups -OCH3 is 3. The smallest absolute Gasteiger partial charge is 0.162 e. The molecule has 6 nitrogen and oxygen atoms in total. The number of halogens is 1. The first kappa shape index (κ1) is 20.8. The van der Waals surface area contributed by atoms with Crippen molar-refractivity contribution in [3.05, 3.63) is 78.2 Å². The molecule has 0 amide bonds. The topological polar surface area (TPSA) is 58.4 Å². The van der Waals surface area contributed by atoms with Crippen molar-refractivity contribution in [1.82, 2.24) is 14.8 Å². The first-order valence-corrected chi connectivity index (χ1v) is 10.4. The monoisotopic (exact) mass is 443 g/mol. The van der Waals surface area contributed by atoms with Gasteiger partial charge in [-0.25, -0.2) is 4.39 Å². The van der Waals surface area contributed by atoms with Gasteiger partial charge in [0.2, 0.25) is 0 Å². The van der Waals surface area contributed by atoms with Crippen molar-refractivity contribution in [3.63, 3.8) is 0 Å². The zero-order valence-corrected chi connectivity index (χ0v) is 18.5. The largest absolute Gasteiger partial charge is 0.497 e. The normalized spacial score (nSPS) is 11.2. The molecular weight excluding hydrogens is 421 g/mol. The molecule has 0 saturated carbocycles. The third-order valence-electron chi connectivity index (χ3n) is 5.72.